The lowest BCUT2D eigenvalue weighted by Gasteiger charge is -2.15. The molecule has 7 heteroatoms. The van der Waals surface area contributed by atoms with Gasteiger partial charge in [0.25, 0.3) is 5.91 Å². The fraction of sp³-hybridized carbons (Fsp3) is 0.333. The Balaban J connectivity index is 1.72. The number of benzene rings is 1. The third-order valence-electron chi connectivity index (χ3n) is 4.39. The van der Waals surface area contributed by atoms with Gasteiger partial charge in [-0.1, -0.05) is 19.1 Å². The number of rotatable bonds is 7. The third-order valence-corrected chi connectivity index (χ3v) is 4.39. The van der Waals surface area contributed by atoms with Crippen LogP contribution in [-0.2, 0) is 7.05 Å². The number of anilines is 1. The Kier molecular flexibility index (Phi) is 6.03. The monoisotopic (exact) mass is 378 g/mol. The zero-order chi connectivity index (χ0) is 20.1. The molecule has 1 unspecified atom stereocenters. The first-order chi connectivity index (χ1) is 13.5. The van der Waals surface area contributed by atoms with E-state index in [1.165, 1.54) is 0 Å². The molecule has 28 heavy (non-hydrogen) atoms. The van der Waals surface area contributed by atoms with Crippen molar-refractivity contribution in [3.8, 4) is 11.3 Å². The Morgan fingerprint density at radius 1 is 1.18 bits per heavy atom. The smallest absolute Gasteiger partial charge is 0.251 e. The zero-order valence-corrected chi connectivity index (χ0v) is 16.7. The summed E-state index contributed by atoms with van der Waals surface area (Å²) in [6.45, 7) is 6.16. The maximum atomic E-state index is 12.6. The fourth-order valence-electron chi connectivity index (χ4n) is 2.96. The number of hydrogen-bond donors (Lipinski definition) is 2. The van der Waals surface area contributed by atoms with Crippen molar-refractivity contribution in [1.82, 2.24) is 25.1 Å². The van der Waals surface area contributed by atoms with Crippen LogP contribution in [0.2, 0.25) is 0 Å². The van der Waals surface area contributed by atoms with Gasteiger partial charge in [0.1, 0.15) is 12.1 Å². The summed E-state index contributed by atoms with van der Waals surface area (Å²) >= 11 is 0. The second kappa shape index (κ2) is 8.65. The predicted molar refractivity (Wildman–Crippen MR) is 110 cm³/mol. The molecule has 0 bridgehead atoms. The minimum Gasteiger partial charge on any atom is -0.368 e. The highest BCUT2D eigenvalue weighted by Gasteiger charge is 2.15. The summed E-state index contributed by atoms with van der Waals surface area (Å²) in [5.74, 6) is 0.677. The lowest BCUT2D eigenvalue weighted by atomic mass is 10.1. The van der Waals surface area contributed by atoms with Crippen LogP contribution in [0, 0.1) is 0 Å². The standard InChI is InChI=1S/C21H26N6O/c1-5-18(17-11-24-27(4)12-17)26-21(28)16-8-6-15(7-9-16)19-10-20(23-13-22-19)25-14(2)3/h6-14,18H,5H2,1-4H3,(H,26,28)(H,22,23,25). The van der Waals surface area contributed by atoms with E-state index < -0.39 is 0 Å². The van der Waals surface area contributed by atoms with Crippen LogP contribution in [0.4, 0.5) is 5.82 Å². The molecule has 1 atom stereocenters. The Bertz CT molecular complexity index is 932. The van der Waals surface area contributed by atoms with Gasteiger partial charge in [-0.25, -0.2) is 9.97 Å². The number of amides is 1. The summed E-state index contributed by atoms with van der Waals surface area (Å²) in [5.41, 5.74) is 3.36. The molecule has 0 fully saturated rings. The minimum absolute atomic E-state index is 0.0626. The molecule has 0 radical (unpaired) electrons. The fourth-order valence-corrected chi connectivity index (χ4v) is 2.96. The molecule has 0 aliphatic carbocycles. The summed E-state index contributed by atoms with van der Waals surface area (Å²) in [7, 11) is 1.87. The van der Waals surface area contributed by atoms with Gasteiger partial charge < -0.3 is 10.6 Å². The van der Waals surface area contributed by atoms with E-state index in [9.17, 15) is 4.79 Å². The van der Waals surface area contributed by atoms with E-state index in [0.717, 1.165) is 29.1 Å². The number of carbonyl (C=O) groups is 1. The van der Waals surface area contributed by atoms with Crippen LogP contribution >= 0.6 is 0 Å². The van der Waals surface area contributed by atoms with Gasteiger partial charge in [-0.3, -0.25) is 9.48 Å². The van der Waals surface area contributed by atoms with Crippen molar-refractivity contribution < 1.29 is 4.79 Å². The number of hydrogen-bond acceptors (Lipinski definition) is 5. The van der Waals surface area contributed by atoms with E-state index in [2.05, 4.69) is 39.5 Å². The van der Waals surface area contributed by atoms with Crippen LogP contribution in [0.25, 0.3) is 11.3 Å². The summed E-state index contributed by atoms with van der Waals surface area (Å²) in [6, 6.07) is 9.58. The van der Waals surface area contributed by atoms with Gasteiger partial charge in [0.05, 0.1) is 17.9 Å². The first-order valence-corrected chi connectivity index (χ1v) is 9.44. The summed E-state index contributed by atoms with van der Waals surface area (Å²) < 4.78 is 1.74. The molecular formula is C21H26N6O. The number of aryl methyl sites for hydroxylation is 1. The van der Waals surface area contributed by atoms with Crippen LogP contribution in [0.1, 0.15) is 49.2 Å². The lowest BCUT2D eigenvalue weighted by Crippen LogP contribution is -2.27. The quantitative estimate of drug-likeness (QED) is 0.656. The van der Waals surface area contributed by atoms with Crippen LogP contribution in [0.15, 0.2) is 49.1 Å². The molecule has 0 saturated carbocycles. The van der Waals surface area contributed by atoms with Crippen LogP contribution in [0.5, 0.6) is 0 Å². The lowest BCUT2D eigenvalue weighted by molar-refractivity contribution is 0.0935. The molecule has 2 N–H and O–H groups in total. The van der Waals surface area contributed by atoms with Crippen LogP contribution in [0.3, 0.4) is 0 Å². The second-order valence-electron chi connectivity index (χ2n) is 7.05. The van der Waals surface area contributed by atoms with E-state index in [-0.39, 0.29) is 11.9 Å². The summed E-state index contributed by atoms with van der Waals surface area (Å²) in [4.78, 5) is 21.2. The van der Waals surface area contributed by atoms with Gasteiger partial charge in [0.15, 0.2) is 0 Å². The predicted octanol–water partition coefficient (Wildman–Crippen LogP) is 3.58. The van der Waals surface area contributed by atoms with Gasteiger partial charge in [-0.2, -0.15) is 5.10 Å². The number of carbonyl (C=O) groups excluding carboxylic acids is 1. The van der Waals surface area contributed by atoms with Crippen molar-refractivity contribution in [2.24, 2.45) is 7.05 Å². The van der Waals surface area contributed by atoms with Gasteiger partial charge in [0, 0.05) is 42.0 Å². The minimum atomic E-state index is -0.105. The average Bonchev–Trinajstić information content (AvgIpc) is 3.12. The molecule has 3 rings (SSSR count). The molecule has 7 nitrogen and oxygen atoms in total. The first-order valence-electron chi connectivity index (χ1n) is 9.44. The van der Waals surface area contributed by atoms with E-state index in [0.29, 0.717) is 11.6 Å². The maximum Gasteiger partial charge on any atom is 0.251 e. The molecule has 3 aromatic rings. The van der Waals surface area contributed by atoms with Crippen molar-refractivity contribution >= 4 is 11.7 Å². The maximum absolute atomic E-state index is 12.6. The zero-order valence-electron chi connectivity index (χ0n) is 16.7. The van der Waals surface area contributed by atoms with Crippen molar-refractivity contribution in [2.75, 3.05) is 5.32 Å². The van der Waals surface area contributed by atoms with E-state index in [1.54, 1.807) is 17.2 Å². The Morgan fingerprint density at radius 2 is 1.93 bits per heavy atom. The van der Waals surface area contributed by atoms with Gasteiger partial charge >= 0.3 is 0 Å². The normalized spacial score (nSPS) is 12.0. The largest absolute Gasteiger partial charge is 0.368 e. The molecule has 0 aliphatic heterocycles. The highest BCUT2D eigenvalue weighted by Crippen LogP contribution is 2.21. The first kappa shape index (κ1) is 19.5. The van der Waals surface area contributed by atoms with Crippen molar-refractivity contribution in [3.63, 3.8) is 0 Å². The Hall–Kier alpha value is -3.22. The molecule has 146 valence electrons. The molecule has 0 spiro atoms. The number of aromatic nitrogens is 4. The molecule has 2 aromatic heterocycles. The summed E-state index contributed by atoms with van der Waals surface area (Å²) in [5, 5.41) is 10.5. The molecule has 1 aromatic carbocycles. The van der Waals surface area contributed by atoms with Crippen molar-refractivity contribution in [2.45, 2.75) is 39.3 Å². The van der Waals surface area contributed by atoms with E-state index in [4.69, 9.17) is 0 Å². The van der Waals surface area contributed by atoms with Gasteiger partial charge in [-0.05, 0) is 32.4 Å². The SMILES string of the molecule is CCC(NC(=O)c1ccc(-c2cc(NC(C)C)ncn2)cc1)c1cnn(C)c1. The molecule has 2 heterocycles. The topological polar surface area (TPSA) is 84.7 Å². The highest BCUT2D eigenvalue weighted by molar-refractivity contribution is 5.94. The van der Waals surface area contributed by atoms with Crippen LogP contribution < -0.4 is 10.6 Å². The van der Waals surface area contributed by atoms with E-state index in [1.807, 2.05) is 50.5 Å². The molecule has 0 aliphatic rings. The van der Waals surface area contributed by atoms with Crippen molar-refractivity contribution in [1.29, 1.82) is 0 Å². The molecule has 0 saturated heterocycles. The Labute approximate surface area is 165 Å². The number of nitrogens with one attached hydrogen (secondary N) is 2. The van der Waals surface area contributed by atoms with Crippen molar-refractivity contribution in [3.05, 3.63) is 60.2 Å². The summed E-state index contributed by atoms with van der Waals surface area (Å²) in [6.07, 6.45) is 6.05. The Morgan fingerprint density at radius 3 is 2.54 bits per heavy atom. The second-order valence-corrected chi connectivity index (χ2v) is 7.05. The average molecular weight is 378 g/mol. The van der Waals surface area contributed by atoms with Crippen LogP contribution in [-0.4, -0.2) is 31.7 Å². The van der Waals surface area contributed by atoms with Gasteiger partial charge in [-0.15, -0.1) is 0 Å². The molecule has 1 amide bonds. The number of nitrogens with zero attached hydrogens (tertiary/aromatic N) is 4. The highest BCUT2D eigenvalue weighted by atomic mass is 16.1. The molecular weight excluding hydrogens is 352 g/mol. The van der Waals surface area contributed by atoms with Gasteiger partial charge in [0.2, 0.25) is 0 Å². The van der Waals surface area contributed by atoms with E-state index >= 15 is 0 Å². The third kappa shape index (κ3) is 4.73.